The molecule has 0 saturated heterocycles. The van der Waals surface area contributed by atoms with Gasteiger partial charge in [0.2, 0.25) is 0 Å². The normalized spacial score (nSPS) is 11.0. The van der Waals surface area contributed by atoms with Gasteiger partial charge in [0.1, 0.15) is 5.75 Å². The predicted molar refractivity (Wildman–Crippen MR) is 90.3 cm³/mol. The van der Waals surface area contributed by atoms with Gasteiger partial charge in [0.25, 0.3) is 5.56 Å². The number of hydrogen-bond acceptors (Lipinski definition) is 3. The fourth-order valence-electron chi connectivity index (χ4n) is 2.31. The summed E-state index contributed by atoms with van der Waals surface area (Å²) in [6.07, 6.45) is 0. The highest BCUT2D eigenvalue weighted by Gasteiger charge is 2.08. The van der Waals surface area contributed by atoms with Crippen molar-refractivity contribution in [1.29, 1.82) is 0 Å². The van der Waals surface area contributed by atoms with Crippen LogP contribution in [0.4, 0.5) is 0 Å². The number of aromatic nitrogens is 1. The van der Waals surface area contributed by atoms with Crippen molar-refractivity contribution in [3.63, 3.8) is 0 Å². The minimum atomic E-state index is 0.0412. The molecule has 1 aromatic carbocycles. The van der Waals surface area contributed by atoms with Gasteiger partial charge in [-0.25, -0.2) is 0 Å². The molecule has 2 rings (SSSR count). The molecular formula is C18H24N2O2. The molecule has 0 aliphatic heterocycles. The Balaban J connectivity index is 2.28. The third-order valence-electron chi connectivity index (χ3n) is 3.54. The van der Waals surface area contributed by atoms with Crippen molar-refractivity contribution in [3.05, 3.63) is 52.3 Å². The van der Waals surface area contributed by atoms with E-state index in [2.05, 4.69) is 19.2 Å². The molecule has 2 aromatic rings. The first-order chi connectivity index (χ1) is 10.5. The standard InChI is InChI=1S/C18H24N2O2/c1-5-22-16-9-6-14(7-10-16)17-11-8-15(12-19-13(2)3)18(21)20(17)4/h6-11,13,19H,5,12H2,1-4H3. The molecule has 0 unspecified atom stereocenters. The number of benzene rings is 1. The van der Waals surface area contributed by atoms with Gasteiger partial charge in [-0.1, -0.05) is 19.9 Å². The molecule has 0 atom stereocenters. The highest BCUT2D eigenvalue weighted by molar-refractivity contribution is 5.60. The summed E-state index contributed by atoms with van der Waals surface area (Å²) in [5, 5.41) is 3.28. The lowest BCUT2D eigenvalue weighted by Crippen LogP contribution is -2.29. The van der Waals surface area contributed by atoms with E-state index in [4.69, 9.17) is 4.74 Å². The quantitative estimate of drug-likeness (QED) is 0.892. The molecule has 118 valence electrons. The number of pyridine rings is 1. The Morgan fingerprint density at radius 2 is 1.82 bits per heavy atom. The Morgan fingerprint density at radius 1 is 1.14 bits per heavy atom. The number of rotatable bonds is 6. The van der Waals surface area contributed by atoms with Crippen molar-refractivity contribution in [2.75, 3.05) is 6.61 Å². The topological polar surface area (TPSA) is 43.3 Å². The molecule has 4 heteroatoms. The molecule has 0 fully saturated rings. The van der Waals surface area contributed by atoms with Gasteiger partial charge in [0.05, 0.1) is 12.3 Å². The average Bonchev–Trinajstić information content (AvgIpc) is 2.50. The molecule has 0 amide bonds. The van der Waals surface area contributed by atoms with E-state index in [1.54, 1.807) is 4.57 Å². The van der Waals surface area contributed by atoms with Crippen molar-refractivity contribution in [3.8, 4) is 17.0 Å². The molecule has 0 saturated carbocycles. The minimum absolute atomic E-state index is 0.0412. The maximum atomic E-state index is 12.4. The fraction of sp³-hybridized carbons (Fsp3) is 0.389. The lowest BCUT2D eigenvalue weighted by Gasteiger charge is -2.13. The third-order valence-corrected chi connectivity index (χ3v) is 3.54. The first kappa shape index (κ1) is 16.3. The van der Waals surface area contributed by atoms with Crippen LogP contribution in [0, 0.1) is 0 Å². The minimum Gasteiger partial charge on any atom is -0.494 e. The van der Waals surface area contributed by atoms with E-state index in [0.717, 1.165) is 22.6 Å². The first-order valence-electron chi connectivity index (χ1n) is 7.68. The zero-order valence-electron chi connectivity index (χ0n) is 13.7. The summed E-state index contributed by atoms with van der Waals surface area (Å²) >= 11 is 0. The summed E-state index contributed by atoms with van der Waals surface area (Å²) in [5.41, 5.74) is 2.73. The predicted octanol–water partition coefficient (Wildman–Crippen LogP) is 2.95. The van der Waals surface area contributed by atoms with Gasteiger partial charge >= 0.3 is 0 Å². The maximum Gasteiger partial charge on any atom is 0.255 e. The van der Waals surface area contributed by atoms with E-state index in [-0.39, 0.29) is 5.56 Å². The third kappa shape index (κ3) is 3.77. The SMILES string of the molecule is CCOc1ccc(-c2ccc(CNC(C)C)c(=O)n2C)cc1. The molecule has 0 aliphatic rings. The smallest absolute Gasteiger partial charge is 0.255 e. The van der Waals surface area contributed by atoms with Crippen molar-refractivity contribution < 1.29 is 4.74 Å². The molecule has 1 aromatic heterocycles. The van der Waals surface area contributed by atoms with Crippen LogP contribution in [0.15, 0.2) is 41.2 Å². The van der Waals surface area contributed by atoms with Gasteiger partial charge in [-0.05, 0) is 42.8 Å². The van der Waals surface area contributed by atoms with Crippen LogP contribution in [-0.4, -0.2) is 17.2 Å². The zero-order valence-corrected chi connectivity index (χ0v) is 13.7. The highest BCUT2D eigenvalue weighted by Crippen LogP contribution is 2.21. The van der Waals surface area contributed by atoms with Gasteiger partial charge in [-0.15, -0.1) is 0 Å². The van der Waals surface area contributed by atoms with Crippen molar-refractivity contribution in [2.24, 2.45) is 7.05 Å². The summed E-state index contributed by atoms with van der Waals surface area (Å²) < 4.78 is 7.15. The van der Waals surface area contributed by atoms with Crippen molar-refractivity contribution in [1.82, 2.24) is 9.88 Å². The summed E-state index contributed by atoms with van der Waals surface area (Å²) in [6, 6.07) is 12.1. The van der Waals surface area contributed by atoms with Crippen LogP contribution < -0.4 is 15.6 Å². The Hall–Kier alpha value is -2.07. The van der Waals surface area contributed by atoms with E-state index < -0.39 is 0 Å². The maximum absolute atomic E-state index is 12.4. The number of hydrogen-bond donors (Lipinski definition) is 1. The summed E-state index contributed by atoms with van der Waals surface area (Å²) in [4.78, 5) is 12.4. The Morgan fingerprint density at radius 3 is 2.41 bits per heavy atom. The number of ether oxygens (including phenoxy) is 1. The van der Waals surface area contributed by atoms with Crippen molar-refractivity contribution >= 4 is 0 Å². The second-order valence-electron chi connectivity index (χ2n) is 5.60. The largest absolute Gasteiger partial charge is 0.494 e. The van der Waals surface area contributed by atoms with Crippen LogP contribution in [-0.2, 0) is 13.6 Å². The molecular weight excluding hydrogens is 276 g/mol. The van der Waals surface area contributed by atoms with Gasteiger partial charge < -0.3 is 14.6 Å². The molecule has 0 bridgehead atoms. The fourth-order valence-corrected chi connectivity index (χ4v) is 2.31. The van der Waals surface area contributed by atoms with Gasteiger partial charge in [0.15, 0.2) is 0 Å². The van der Waals surface area contributed by atoms with E-state index in [9.17, 15) is 4.79 Å². The lowest BCUT2D eigenvalue weighted by molar-refractivity contribution is 0.340. The molecule has 0 radical (unpaired) electrons. The Labute approximate surface area is 131 Å². The van der Waals surface area contributed by atoms with Crippen LogP contribution in [0.1, 0.15) is 26.3 Å². The second-order valence-corrected chi connectivity index (χ2v) is 5.60. The average molecular weight is 300 g/mol. The number of nitrogens with zero attached hydrogens (tertiary/aromatic N) is 1. The summed E-state index contributed by atoms with van der Waals surface area (Å²) in [7, 11) is 1.81. The molecule has 0 spiro atoms. The molecule has 0 aliphatic carbocycles. The van der Waals surface area contributed by atoms with Crippen LogP contribution in [0.5, 0.6) is 5.75 Å². The van der Waals surface area contributed by atoms with E-state index in [1.165, 1.54) is 0 Å². The summed E-state index contributed by atoms with van der Waals surface area (Å²) in [5.74, 6) is 0.842. The van der Waals surface area contributed by atoms with Gasteiger partial charge in [0, 0.05) is 25.2 Å². The Kier molecular flexibility index (Phi) is 5.39. The number of nitrogens with one attached hydrogen (secondary N) is 1. The van der Waals surface area contributed by atoms with Crippen LogP contribution in [0.25, 0.3) is 11.3 Å². The van der Waals surface area contributed by atoms with Crippen LogP contribution in [0.2, 0.25) is 0 Å². The van der Waals surface area contributed by atoms with Crippen LogP contribution in [0.3, 0.4) is 0 Å². The van der Waals surface area contributed by atoms with Gasteiger partial charge in [-0.2, -0.15) is 0 Å². The van der Waals surface area contributed by atoms with Crippen LogP contribution >= 0.6 is 0 Å². The van der Waals surface area contributed by atoms with E-state index in [0.29, 0.717) is 19.2 Å². The van der Waals surface area contributed by atoms with Crippen molar-refractivity contribution in [2.45, 2.75) is 33.4 Å². The van der Waals surface area contributed by atoms with E-state index in [1.807, 2.05) is 50.4 Å². The second kappa shape index (κ2) is 7.27. The summed E-state index contributed by atoms with van der Waals surface area (Å²) in [6.45, 7) is 7.34. The van der Waals surface area contributed by atoms with E-state index >= 15 is 0 Å². The molecule has 22 heavy (non-hydrogen) atoms. The zero-order chi connectivity index (χ0) is 16.1. The lowest BCUT2D eigenvalue weighted by atomic mass is 10.1. The Bertz CT molecular complexity index is 672. The monoisotopic (exact) mass is 300 g/mol. The molecule has 1 N–H and O–H groups in total. The van der Waals surface area contributed by atoms with Gasteiger partial charge in [-0.3, -0.25) is 4.79 Å². The first-order valence-corrected chi connectivity index (χ1v) is 7.68. The molecule has 4 nitrogen and oxygen atoms in total. The molecule has 1 heterocycles. The highest BCUT2D eigenvalue weighted by atomic mass is 16.5.